The maximum absolute atomic E-state index is 5.87. The predicted octanol–water partition coefficient (Wildman–Crippen LogP) is 2.35. The van der Waals surface area contributed by atoms with Gasteiger partial charge in [-0.3, -0.25) is 4.90 Å². The molecule has 14 heavy (non-hydrogen) atoms. The van der Waals surface area contributed by atoms with Crippen LogP contribution in [0.4, 0.5) is 0 Å². The van der Waals surface area contributed by atoms with Crippen LogP contribution in [0.25, 0.3) is 0 Å². The van der Waals surface area contributed by atoms with Gasteiger partial charge in [0.25, 0.3) is 0 Å². The van der Waals surface area contributed by atoms with E-state index in [1.54, 1.807) is 0 Å². The van der Waals surface area contributed by atoms with Gasteiger partial charge in [-0.25, -0.2) is 0 Å². The fourth-order valence-corrected chi connectivity index (χ4v) is 3.50. The molecule has 0 aliphatic carbocycles. The molecule has 0 unspecified atom stereocenters. The van der Waals surface area contributed by atoms with Crippen LogP contribution in [-0.4, -0.2) is 24.0 Å². The van der Waals surface area contributed by atoms with Crippen LogP contribution < -0.4 is 5.73 Å². The Morgan fingerprint density at radius 2 is 2.50 bits per heavy atom. The SMILES string of the molecule is Cc1cc(CN2CC[C@@H](N)C2)sc1Br. The van der Waals surface area contributed by atoms with Gasteiger partial charge in [-0.1, -0.05) is 0 Å². The molecule has 0 bridgehead atoms. The zero-order valence-electron chi connectivity index (χ0n) is 8.29. The van der Waals surface area contributed by atoms with Crippen molar-refractivity contribution in [1.29, 1.82) is 0 Å². The van der Waals surface area contributed by atoms with Crippen molar-refractivity contribution in [3.05, 3.63) is 20.3 Å². The van der Waals surface area contributed by atoms with Crippen LogP contribution in [0.2, 0.25) is 0 Å². The van der Waals surface area contributed by atoms with Gasteiger partial charge in [0, 0.05) is 30.6 Å². The van der Waals surface area contributed by atoms with Gasteiger partial charge in [-0.15, -0.1) is 11.3 Å². The number of hydrogen-bond acceptors (Lipinski definition) is 3. The third kappa shape index (κ3) is 2.37. The largest absolute Gasteiger partial charge is 0.326 e. The number of halogens is 1. The highest BCUT2D eigenvalue weighted by atomic mass is 79.9. The van der Waals surface area contributed by atoms with Crippen molar-refractivity contribution in [3.63, 3.8) is 0 Å². The second-order valence-corrected chi connectivity index (χ2v) is 6.41. The topological polar surface area (TPSA) is 29.3 Å². The van der Waals surface area contributed by atoms with Gasteiger partial charge < -0.3 is 5.73 Å². The first-order valence-corrected chi connectivity index (χ1v) is 6.49. The summed E-state index contributed by atoms with van der Waals surface area (Å²) in [5, 5.41) is 0. The second kappa shape index (κ2) is 4.31. The van der Waals surface area contributed by atoms with Gasteiger partial charge >= 0.3 is 0 Å². The van der Waals surface area contributed by atoms with Crippen LogP contribution in [-0.2, 0) is 6.54 Å². The van der Waals surface area contributed by atoms with Crippen molar-refractivity contribution < 1.29 is 0 Å². The number of likely N-dealkylation sites (tertiary alicyclic amines) is 1. The third-order valence-corrected chi connectivity index (χ3v) is 4.72. The summed E-state index contributed by atoms with van der Waals surface area (Å²) in [5.41, 5.74) is 7.21. The molecule has 1 aromatic heterocycles. The molecular formula is C10H15BrN2S. The summed E-state index contributed by atoms with van der Waals surface area (Å²) in [7, 11) is 0. The highest BCUT2D eigenvalue weighted by molar-refractivity contribution is 9.11. The zero-order chi connectivity index (χ0) is 10.1. The van der Waals surface area contributed by atoms with E-state index >= 15 is 0 Å². The fraction of sp³-hybridized carbons (Fsp3) is 0.600. The van der Waals surface area contributed by atoms with Crippen molar-refractivity contribution in [2.45, 2.75) is 25.9 Å². The van der Waals surface area contributed by atoms with Gasteiger partial charge in [0.1, 0.15) is 0 Å². The molecule has 2 N–H and O–H groups in total. The van der Waals surface area contributed by atoms with E-state index in [1.807, 2.05) is 11.3 Å². The Morgan fingerprint density at radius 3 is 3.00 bits per heavy atom. The van der Waals surface area contributed by atoms with Crippen molar-refractivity contribution in [2.24, 2.45) is 5.73 Å². The van der Waals surface area contributed by atoms with E-state index in [-0.39, 0.29) is 0 Å². The molecule has 4 heteroatoms. The molecule has 1 aliphatic rings. The third-order valence-electron chi connectivity index (χ3n) is 2.60. The quantitative estimate of drug-likeness (QED) is 0.897. The van der Waals surface area contributed by atoms with Crippen LogP contribution in [0, 0.1) is 6.92 Å². The molecule has 0 spiro atoms. The predicted molar refractivity (Wildman–Crippen MR) is 64.6 cm³/mol. The average Bonchev–Trinajstić information content (AvgIpc) is 2.62. The molecule has 78 valence electrons. The molecule has 2 heterocycles. The number of nitrogens with zero attached hydrogens (tertiary/aromatic N) is 1. The van der Waals surface area contributed by atoms with E-state index in [0.717, 1.165) is 26.1 Å². The van der Waals surface area contributed by atoms with E-state index in [4.69, 9.17) is 5.73 Å². The summed E-state index contributed by atoms with van der Waals surface area (Å²) in [6.45, 7) is 5.40. The first-order valence-electron chi connectivity index (χ1n) is 4.88. The summed E-state index contributed by atoms with van der Waals surface area (Å²) in [6, 6.07) is 2.65. The Hall–Kier alpha value is 0.100. The molecular weight excluding hydrogens is 260 g/mol. The molecule has 1 aliphatic heterocycles. The Bertz CT molecular complexity index is 304. The van der Waals surface area contributed by atoms with Crippen molar-refractivity contribution in [2.75, 3.05) is 13.1 Å². The molecule has 2 rings (SSSR count). The lowest BCUT2D eigenvalue weighted by atomic mass is 10.3. The van der Waals surface area contributed by atoms with E-state index in [0.29, 0.717) is 6.04 Å². The van der Waals surface area contributed by atoms with Crippen LogP contribution in [0.1, 0.15) is 16.9 Å². The second-order valence-electron chi connectivity index (χ2n) is 3.95. The van der Waals surface area contributed by atoms with Crippen LogP contribution in [0.15, 0.2) is 9.85 Å². The van der Waals surface area contributed by atoms with Crippen molar-refractivity contribution in [1.82, 2.24) is 4.90 Å². The lowest BCUT2D eigenvalue weighted by Gasteiger charge is -2.13. The van der Waals surface area contributed by atoms with Gasteiger partial charge in [0.05, 0.1) is 3.79 Å². The van der Waals surface area contributed by atoms with Gasteiger partial charge in [0.2, 0.25) is 0 Å². The first-order chi connectivity index (χ1) is 6.65. The Morgan fingerprint density at radius 1 is 1.71 bits per heavy atom. The number of rotatable bonds is 2. The Labute approximate surface area is 97.2 Å². The standard InChI is InChI=1S/C10H15BrN2S/c1-7-4-9(14-10(7)11)6-13-3-2-8(12)5-13/h4,8H,2-3,5-6,12H2,1H3/t8-/m1/s1. The summed E-state index contributed by atoms with van der Waals surface area (Å²) < 4.78 is 1.26. The lowest BCUT2D eigenvalue weighted by Crippen LogP contribution is -2.25. The van der Waals surface area contributed by atoms with Crippen LogP contribution in [0.5, 0.6) is 0 Å². The van der Waals surface area contributed by atoms with E-state index in [1.165, 1.54) is 14.2 Å². The molecule has 2 nitrogen and oxygen atoms in total. The molecule has 1 saturated heterocycles. The molecule has 0 saturated carbocycles. The summed E-state index contributed by atoms with van der Waals surface area (Å²) in [5.74, 6) is 0. The molecule has 1 aromatic rings. The van der Waals surface area contributed by atoms with Gasteiger partial charge in [-0.2, -0.15) is 0 Å². The number of thiophene rings is 1. The average molecular weight is 275 g/mol. The smallest absolute Gasteiger partial charge is 0.0730 e. The van der Waals surface area contributed by atoms with Crippen LogP contribution >= 0.6 is 27.3 Å². The van der Waals surface area contributed by atoms with E-state index in [2.05, 4.69) is 33.8 Å². The number of hydrogen-bond donors (Lipinski definition) is 1. The monoisotopic (exact) mass is 274 g/mol. The number of aryl methyl sites for hydroxylation is 1. The molecule has 1 atom stereocenters. The maximum atomic E-state index is 5.87. The molecule has 0 radical (unpaired) electrons. The Kier molecular flexibility index (Phi) is 3.27. The minimum Gasteiger partial charge on any atom is -0.326 e. The fourth-order valence-electron chi connectivity index (χ4n) is 1.83. The zero-order valence-corrected chi connectivity index (χ0v) is 10.7. The summed E-state index contributed by atoms with van der Waals surface area (Å²) in [6.07, 6.45) is 1.14. The number of nitrogens with two attached hydrogens (primary N) is 1. The summed E-state index contributed by atoms with van der Waals surface area (Å²) >= 11 is 5.39. The van der Waals surface area contributed by atoms with E-state index in [9.17, 15) is 0 Å². The minimum atomic E-state index is 0.388. The lowest BCUT2D eigenvalue weighted by molar-refractivity contribution is 0.330. The highest BCUT2D eigenvalue weighted by Crippen LogP contribution is 2.28. The summed E-state index contributed by atoms with van der Waals surface area (Å²) in [4.78, 5) is 3.87. The van der Waals surface area contributed by atoms with Crippen molar-refractivity contribution in [3.8, 4) is 0 Å². The molecule has 0 amide bonds. The van der Waals surface area contributed by atoms with Gasteiger partial charge in [-0.05, 0) is 40.9 Å². The van der Waals surface area contributed by atoms with Gasteiger partial charge in [0.15, 0.2) is 0 Å². The Balaban J connectivity index is 1.97. The minimum absolute atomic E-state index is 0.388. The molecule has 0 aromatic carbocycles. The van der Waals surface area contributed by atoms with Crippen molar-refractivity contribution >= 4 is 27.3 Å². The maximum Gasteiger partial charge on any atom is 0.0730 e. The van der Waals surface area contributed by atoms with Crippen LogP contribution in [0.3, 0.4) is 0 Å². The molecule has 1 fully saturated rings. The first kappa shape index (κ1) is 10.6. The van der Waals surface area contributed by atoms with E-state index < -0.39 is 0 Å². The highest BCUT2D eigenvalue weighted by Gasteiger charge is 2.19. The normalized spacial score (nSPS) is 23.2.